The number of nitrogens with one attached hydrogen (secondary N) is 1. The summed E-state index contributed by atoms with van der Waals surface area (Å²) in [5.41, 5.74) is 1.51. The van der Waals surface area contributed by atoms with Crippen molar-refractivity contribution in [3.05, 3.63) is 78.6 Å². The Balaban J connectivity index is 1.46. The molecule has 1 aromatic heterocycles. The number of amides is 1. The first-order chi connectivity index (χ1) is 14.7. The highest BCUT2D eigenvalue weighted by Gasteiger charge is 2.33. The molecule has 2 aromatic carbocycles. The van der Waals surface area contributed by atoms with Crippen molar-refractivity contribution in [1.82, 2.24) is 20.1 Å². The first kappa shape index (κ1) is 20.3. The van der Waals surface area contributed by atoms with Crippen LogP contribution in [-0.2, 0) is 11.3 Å². The number of rotatable bonds is 9. The van der Waals surface area contributed by atoms with Gasteiger partial charge in [-0.05, 0) is 36.5 Å². The molecule has 0 bridgehead atoms. The van der Waals surface area contributed by atoms with Crippen molar-refractivity contribution in [2.45, 2.75) is 30.6 Å². The smallest absolute Gasteiger partial charge is 0.230 e. The molecule has 0 radical (unpaired) electrons. The third kappa shape index (κ3) is 4.62. The summed E-state index contributed by atoms with van der Waals surface area (Å²) in [6, 6.07) is 16.6. The van der Waals surface area contributed by atoms with Crippen LogP contribution in [0.3, 0.4) is 0 Å². The number of thioether (sulfide) groups is 1. The van der Waals surface area contributed by atoms with E-state index in [1.807, 2.05) is 18.2 Å². The molecule has 0 aliphatic heterocycles. The summed E-state index contributed by atoms with van der Waals surface area (Å²) < 4.78 is 16.0. The average Bonchev–Trinajstić information content (AvgIpc) is 3.53. The summed E-state index contributed by atoms with van der Waals surface area (Å²) in [7, 11) is 0. The zero-order valence-corrected chi connectivity index (χ0v) is 17.3. The van der Waals surface area contributed by atoms with Crippen molar-refractivity contribution < 1.29 is 9.18 Å². The van der Waals surface area contributed by atoms with Gasteiger partial charge in [-0.1, -0.05) is 60.3 Å². The van der Waals surface area contributed by atoms with Crippen molar-refractivity contribution in [2.24, 2.45) is 5.92 Å². The van der Waals surface area contributed by atoms with E-state index in [2.05, 4.69) is 34.2 Å². The first-order valence-corrected chi connectivity index (χ1v) is 10.9. The van der Waals surface area contributed by atoms with Gasteiger partial charge in [0.2, 0.25) is 5.91 Å². The second kappa shape index (κ2) is 9.26. The van der Waals surface area contributed by atoms with Crippen molar-refractivity contribution in [3.63, 3.8) is 0 Å². The summed E-state index contributed by atoms with van der Waals surface area (Å²) >= 11 is 1.29. The normalized spacial score (nSPS) is 14.3. The Morgan fingerprint density at radius 1 is 1.20 bits per heavy atom. The van der Waals surface area contributed by atoms with Crippen LogP contribution in [0.25, 0.3) is 11.4 Å². The van der Waals surface area contributed by atoms with Gasteiger partial charge < -0.3 is 5.32 Å². The summed E-state index contributed by atoms with van der Waals surface area (Å²) in [4.78, 5) is 12.7. The van der Waals surface area contributed by atoms with Gasteiger partial charge in [0.1, 0.15) is 5.82 Å². The van der Waals surface area contributed by atoms with Gasteiger partial charge in [-0.2, -0.15) is 0 Å². The number of benzene rings is 2. The lowest BCUT2D eigenvalue weighted by Gasteiger charge is -2.18. The molecule has 1 atom stereocenters. The molecule has 154 valence electrons. The van der Waals surface area contributed by atoms with Gasteiger partial charge in [0.25, 0.3) is 0 Å². The largest absolute Gasteiger partial charge is 0.348 e. The maximum Gasteiger partial charge on any atom is 0.230 e. The van der Waals surface area contributed by atoms with Crippen molar-refractivity contribution in [1.29, 1.82) is 0 Å². The Kier molecular flexibility index (Phi) is 6.28. The second-order valence-corrected chi connectivity index (χ2v) is 8.21. The number of aromatic nitrogens is 3. The number of hydrogen-bond donors (Lipinski definition) is 1. The molecule has 0 saturated heterocycles. The highest BCUT2D eigenvalue weighted by Crippen LogP contribution is 2.41. The number of halogens is 1. The Hall–Kier alpha value is -2.93. The van der Waals surface area contributed by atoms with E-state index in [4.69, 9.17) is 0 Å². The summed E-state index contributed by atoms with van der Waals surface area (Å²) in [5.74, 6) is 0.721. The lowest BCUT2D eigenvalue weighted by atomic mass is 10.0. The van der Waals surface area contributed by atoms with Gasteiger partial charge in [0.05, 0.1) is 17.4 Å². The molecule has 1 fully saturated rings. The van der Waals surface area contributed by atoms with Gasteiger partial charge >= 0.3 is 0 Å². The van der Waals surface area contributed by atoms with Gasteiger partial charge in [-0.15, -0.1) is 16.8 Å². The Bertz CT molecular complexity index is 1030. The first-order valence-electron chi connectivity index (χ1n) is 9.93. The topological polar surface area (TPSA) is 59.8 Å². The summed E-state index contributed by atoms with van der Waals surface area (Å²) in [6.45, 7) is 4.20. The predicted molar refractivity (Wildman–Crippen MR) is 116 cm³/mol. The van der Waals surface area contributed by atoms with Crippen LogP contribution in [0.2, 0.25) is 0 Å². The maximum atomic E-state index is 14.2. The minimum Gasteiger partial charge on any atom is -0.348 e. The van der Waals surface area contributed by atoms with Crippen LogP contribution in [0.5, 0.6) is 0 Å². The number of nitrogens with zero attached hydrogens (tertiary/aromatic N) is 3. The SMILES string of the molecule is C=CCn1c(SCC(=O)NC(c2ccccc2)C2CC2)nnc1-c1ccccc1F. The van der Waals surface area contributed by atoms with Crippen LogP contribution in [0.1, 0.15) is 24.4 Å². The predicted octanol–water partition coefficient (Wildman–Crippen LogP) is 4.63. The van der Waals surface area contributed by atoms with Crippen LogP contribution in [0, 0.1) is 11.7 Å². The fraction of sp³-hybridized carbons (Fsp3) is 0.261. The van der Waals surface area contributed by atoms with Gasteiger partial charge in [-0.3, -0.25) is 9.36 Å². The summed E-state index contributed by atoms with van der Waals surface area (Å²) in [6.07, 6.45) is 3.97. The highest BCUT2D eigenvalue weighted by molar-refractivity contribution is 7.99. The third-order valence-electron chi connectivity index (χ3n) is 5.04. The zero-order valence-electron chi connectivity index (χ0n) is 16.5. The molecule has 1 unspecified atom stereocenters. The van der Waals surface area contributed by atoms with Crippen LogP contribution in [0.4, 0.5) is 4.39 Å². The molecular formula is C23H23FN4OS. The minimum absolute atomic E-state index is 0.0410. The molecule has 1 saturated carbocycles. The number of carbonyl (C=O) groups excluding carboxylic acids is 1. The molecule has 0 spiro atoms. The minimum atomic E-state index is -0.361. The van der Waals surface area contributed by atoms with Crippen LogP contribution >= 0.6 is 11.8 Å². The van der Waals surface area contributed by atoms with Crippen molar-refractivity contribution in [2.75, 3.05) is 5.75 Å². The molecule has 4 rings (SSSR count). The Morgan fingerprint density at radius 3 is 2.63 bits per heavy atom. The standard InChI is InChI=1S/C23H23FN4OS/c1-2-14-28-22(18-10-6-7-11-19(18)24)26-27-23(28)30-15-20(29)25-21(17-12-13-17)16-8-4-3-5-9-16/h2-11,17,21H,1,12-15H2,(H,25,29). The van der Waals surface area contributed by atoms with E-state index >= 15 is 0 Å². The molecular weight excluding hydrogens is 399 g/mol. The molecule has 1 heterocycles. The molecule has 3 aromatic rings. The van der Waals surface area contributed by atoms with Gasteiger partial charge in [0, 0.05) is 6.54 Å². The van der Waals surface area contributed by atoms with Gasteiger partial charge in [0.15, 0.2) is 11.0 Å². The van der Waals surface area contributed by atoms with E-state index in [1.165, 1.54) is 17.8 Å². The fourth-order valence-electron chi connectivity index (χ4n) is 3.44. The summed E-state index contributed by atoms with van der Waals surface area (Å²) in [5, 5.41) is 12.1. The van der Waals surface area contributed by atoms with E-state index in [0.29, 0.717) is 29.0 Å². The molecule has 5 nitrogen and oxygen atoms in total. The van der Waals surface area contributed by atoms with E-state index in [0.717, 1.165) is 18.4 Å². The molecule has 1 aliphatic rings. The zero-order chi connectivity index (χ0) is 20.9. The lowest BCUT2D eigenvalue weighted by Crippen LogP contribution is -2.31. The van der Waals surface area contributed by atoms with Crippen LogP contribution in [0.15, 0.2) is 72.4 Å². The van der Waals surface area contributed by atoms with E-state index in [9.17, 15) is 9.18 Å². The number of carbonyl (C=O) groups is 1. The molecule has 1 amide bonds. The second-order valence-electron chi connectivity index (χ2n) is 7.27. The van der Waals surface area contributed by atoms with E-state index in [-0.39, 0.29) is 23.5 Å². The number of allylic oxidation sites excluding steroid dienone is 1. The fourth-order valence-corrected chi connectivity index (χ4v) is 4.20. The lowest BCUT2D eigenvalue weighted by molar-refractivity contribution is -0.119. The van der Waals surface area contributed by atoms with Gasteiger partial charge in [-0.25, -0.2) is 4.39 Å². The molecule has 30 heavy (non-hydrogen) atoms. The molecule has 7 heteroatoms. The van der Waals surface area contributed by atoms with E-state index in [1.54, 1.807) is 28.8 Å². The van der Waals surface area contributed by atoms with Crippen molar-refractivity contribution in [3.8, 4) is 11.4 Å². The monoisotopic (exact) mass is 422 g/mol. The van der Waals surface area contributed by atoms with Crippen molar-refractivity contribution >= 4 is 17.7 Å². The van der Waals surface area contributed by atoms with Crippen LogP contribution < -0.4 is 5.32 Å². The van der Waals surface area contributed by atoms with Crippen LogP contribution in [-0.4, -0.2) is 26.4 Å². The third-order valence-corrected chi connectivity index (χ3v) is 6.01. The molecule has 1 N–H and O–H groups in total. The Morgan fingerprint density at radius 2 is 1.93 bits per heavy atom. The maximum absolute atomic E-state index is 14.2. The molecule has 1 aliphatic carbocycles. The quantitative estimate of drug-likeness (QED) is 0.403. The number of hydrogen-bond acceptors (Lipinski definition) is 4. The average molecular weight is 423 g/mol. The Labute approximate surface area is 179 Å². The van der Waals surface area contributed by atoms with E-state index < -0.39 is 0 Å². The highest BCUT2D eigenvalue weighted by atomic mass is 32.2.